The van der Waals surface area contributed by atoms with E-state index in [1.165, 1.54) is 0 Å². The highest BCUT2D eigenvalue weighted by Crippen LogP contribution is 2.41. The first kappa shape index (κ1) is 25.2. The van der Waals surface area contributed by atoms with Crippen molar-refractivity contribution in [3.63, 3.8) is 0 Å². The first-order chi connectivity index (χ1) is 14.8. The Bertz CT molecular complexity index is 911. The molecule has 1 aliphatic heterocycles. The summed E-state index contributed by atoms with van der Waals surface area (Å²) in [6, 6.07) is 5.64. The van der Waals surface area contributed by atoms with Crippen LogP contribution in [0.4, 0.5) is 5.00 Å². The van der Waals surface area contributed by atoms with E-state index in [4.69, 9.17) is 9.47 Å². The Morgan fingerprint density at radius 2 is 1.97 bits per heavy atom. The molecule has 172 valence electrons. The second kappa shape index (κ2) is 11.5. The number of amides is 1. The normalized spacial score (nSPS) is 14.6. The van der Waals surface area contributed by atoms with Crippen molar-refractivity contribution >= 4 is 33.0 Å². The molecule has 0 aliphatic carbocycles. The molecule has 6 nitrogen and oxygen atoms in total. The molecular weight excluding hydrogens is 432 g/mol. The third-order valence-corrected chi connectivity index (χ3v) is 6.51. The van der Waals surface area contributed by atoms with Gasteiger partial charge in [-0.3, -0.25) is 9.00 Å². The summed E-state index contributed by atoms with van der Waals surface area (Å²) >= 11 is 1.57. The Balaban J connectivity index is 0.00000166. The summed E-state index contributed by atoms with van der Waals surface area (Å²) in [7, 11) is 0.527. The number of rotatable bonds is 9. The number of nitrogens with zero attached hydrogens (tertiary/aromatic N) is 1. The van der Waals surface area contributed by atoms with Crippen molar-refractivity contribution < 1.29 is 18.5 Å². The molecule has 31 heavy (non-hydrogen) atoms. The van der Waals surface area contributed by atoms with Gasteiger partial charge in [0.2, 0.25) is 0 Å². The highest BCUT2D eigenvalue weighted by Gasteiger charge is 2.37. The van der Waals surface area contributed by atoms with Gasteiger partial charge in [0.1, 0.15) is 0 Å². The van der Waals surface area contributed by atoms with Crippen LogP contribution in [0.25, 0.3) is 0 Å². The van der Waals surface area contributed by atoms with Gasteiger partial charge in [-0.05, 0) is 38.5 Å². The Kier molecular flexibility index (Phi) is 9.37. The lowest BCUT2D eigenvalue weighted by atomic mass is 10.1. The lowest BCUT2D eigenvalue weighted by Gasteiger charge is -2.28. The second-order valence-corrected chi connectivity index (χ2v) is 9.65. The minimum absolute atomic E-state index is 0.0164. The highest BCUT2D eigenvalue weighted by atomic mass is 32.2. The van der Waals surface area contributed by atoms with Gasteiger partial charge in [0.05, 0.1) is 36.9 Å². The van der Waals surface area contributed by atoms with E-state index in [2.05, 4.69) is 19.2 Å². The fraction of sp³-hybridized carbons (Fsp3) is 0.522. The molecule has 1 amide bonds. The number of hydrogen-bond acceptors (Lipinski definition) is 6. The predicted molar refractivity (Wildman–Crippen MR) is 130 cm³/mol. The zero-order chi connectivity index (χ0) is 23.1. The fourth-order valence-electron chi connectivity index (χ4n) is 3.51. The van der Waals surface area contributed by atoms with Crippen molar-refractivity contribution in [2.75, 3.05) is 31.0 Å². The van der Waals surface area contributed by atoms with Gasteiger partial charge < -0.3 is 19.7 Å². The molecule has 2 aromatic rings. The van der Waals surface area contributed by atoms with Crippen molar-refractivity contribution in [1.29, 1.82) is 0 Å². The molecule has 0 bridgehead atoms. The van der Waals surface area contributed by atoms with Crippen LogP contribution >= 0.6 is 11.3 Å². The van der Waals surface area contributed by atoms with Crippen LogP contribution in [0, 0.1) is 0 Å². The molecule has 0 fully saturated rings. The second-order valence-electron chi connectivity index (χ2n) is 7.29. The van der Waals surface area contributed by atoms with Crippen LogP contribution in [0.15, 0.2) is 23.6 Å². The third-order valence-electron chi connectivity index (χ3n) is 4.77. The summed E-state index contributed by atoms with van der Waals surface area (Å²) in [5.74, 6) is 1.62. The smallest absolute Gasteiger partial charge is 0.255 e. The highest BCUT2D eigenvalue weighted by molar-refractivity contribution is 7.84. The predicted octanol–water partition coefficient (Wildman–Crippen LogP) is 5.08. The number of benzene rings is 1. The van der Waals surface area contributed by atoms with E-state index in [-0.39, 0.29) is 18.0 Å². The molecule has 1 aliphatic rings. The Hall–Kier alpha value is -2.06. The average Bonchev–Trinajstić information content (AvgIpc) is 3.28. The summed E-state index contributed by atoms with van der Waals surface area (Å²) < 4.78 is 23.2. The number of anilines is 1. The largest absolute Gasteiger partial charge is 0.493 e. The zero-order valence-corrected chi connectivity index (χ0v) is 21.1. The molecule has 0 saturated carbocycles. The first-order valence-electron chi connectivity index (χ1n) is 10.6. The number of hydrogen-bond donors (Lipinski definition) is 1. The van der Waals surface area contributed by atoms with Crippen molar-refractivity contribution in [1.82, 2.24) is 4.90 Å². The molecule has 0 spiro atoms. The van der Waals surface area contributed by atoms with E-state index < -0.39 is 10.8 Å². The van der Waals surface area contributed by atoms with E-state index in [0.29, 0.717) is 30.4 Å². The van der Waals surface area contributed by atoms with Crippen LogP contribution in [0.1, 0.15) is 62.1 Å². The van der Waals surface area contributed by atoms with Crippen LogP contribution in [0.5, 0.6) is 11.5 Å². The summed E-state index contributed by atoms with van der Waals surface area (Å²) in [5, 5.41) is 6.38. The minimum Gasteiger partial charge on any atom is -0.493 e. The van der Waals surface area contributed by atoms with E-state index in [1.807, 2.05) is 49.3 Å². The molecular formula is C23H34N2O4S2. The minimum atomic E-state index is -1.07. The monoisotopic (exact) mass is 466 g/mol. The number of thiophene rings is 1. The van der Waals surface area contributed by atoms with Gasteiger partial charge in [-0.15, -0.1) is 11.3 Å². The maximum absolute atomic E-state index is 13.2. The maximum Gasteiger partial charge on any atom is 0.255 e. The number of methoxy groups -OCH3 is 1. The summed E-state index contributed by atoms with van der Waals surface area (Å²) in [4.78, 5) is 15.0. The SMILES string of the molecule is CC.CCOc1cc(C(CS(C)=O)N2Cc3c(csc3NC(C)C)C2=O)ccc1OC. The van der Waals surface area contributed by atoms with Crippen LogP contribution in [-0.4, -0.2) is 46.8 Å². The van der Waals surface area contributed by atoms with E-state index in [0.717, 1.165) is 21.7 Å². The molecule has 0 saturated heterocycles. The van der Waals surface area contributed by atoms with Crippen LogP contribution in [-0.2, 0) is 17.3 Å². The summed E-state index contributed by atoms with van der Waals surface area (Å²) in [5.41, 5.74) is 2.66. The average molecular weight is 467 g/mol. The molecule has 2 heterocycles. The van der Waals surface area contributed by atoms with Crippen molar-refractivity contribution in [2.45, 2.75) is 53.2 Å². The van der Waals surface area contributed by atoms with Gasteiger partial charge in [0.15, 0.2) is 11.5 Å². The van der Waals surface area contributed by atoms with Crippen LogP contribution in [0.2, 0.25) is 0 Å². The Morgan fingerprint density at radius 1 is 1.26 bits per heavy atom. The Labute approximate surface area is 192 Å². The van der Waals surface area contributed by atoms with Gasteiger partial charge >= 0.3 is 0 Å². The van der Waals surface area contributed by atoms with Gasteiger partial charge in [0, 0.05) is 39.8 Å². The van der Waals surface area contributed by atoms with Crippen molar-refractivity contribution in [2.24, 2.45) is 0 Å². The lowest BCUT2D eigenvalue weighted by Crippen LogP contribution is -2.32. The molecule has 3 rings (SSSR count). The van der Waals surface area contributed by atoms with E-state index in [9.17, 15) is 9.00 Å². The quantitative estimate of drug-likeness (QED) is 0.558. The molecule has 1 N–H and O–H groups in total. The van der Waals surface area contributed by atoms with Crippen molar-refractivity contribution in [3.05, 3.63) is 40.3 Å². The van der Waals surface area contributed by atoms with E-state index >= 15 is 0 Å². The lowest BCUT2D eigenvalue weighted by molar-refractivity contribution is 0.0719. The van der Waals surface area contributed by atoms with Crippen molar-refractivity contribution in [3.8, 4) is 11.5 Å². The molecule has 8 heteroatoms. The van der Waals surface area contributed by atoms with Gasteiger partial charge in [-0.2, -0.15) is 0 Å². The Morgan fingerprint density at radius 3 is 2.55 bits per heavy atom. The molecule has 0 radical (unpaired) electrons. The van der Waals surface area contributed by atoms with Crippen LogP contribution < -0.4 is 14.8 Å². The van der Waals surface area contributed by atoms with Gasteiger partial charge in [-0.1, -0.05) is 19.9 Å². The molecule has 2 unspecified atom stereocenters. The molecule has 1 aromatic carbocycles. The number of carbonyl (C=O) groups is 1. The third kappa shape index (κ3) is 5.80. The fourth-order valence-corrected chi connectivity index (χ4v) is 5.42. The maximum atomic E-state index is 13.2. The summed E-state index contributed by atoms with van der Waals surface area (Å²) in [6.45, 7) is 11.1. The van der Waals surface area contributed by atoms with E-state index in [1.54, 1.807) is 24.7 Å². The number of fused-ring (bicyclic) bond motifs is 1. The first-order valence-corrected chi connectivity index (χ1v) is 13.2. The van der Waals surface area contributed by atoms with Gasteiger partial charge in [0.25, 0.3) is 5.91 Å². The topological polar surface area (TPSA) is 67.9 Å². The number of nitrogens with one attached hydrogen (secondary N) is 1. The standard InChI is InChI=1S/C21H28N2O4S2.C2H6/c1-6-27-19-9-14(7-8-18(19)26-4)17(12-29(5)25)23-10-15-16(21(23)24)11-28-20(15)22-13(2)3;1-2/h7-9,11,13,17,22H,6,10,12H2,1-5H3;1-2H3. The molecule has 1 aromatic heterocycles. The van der Waals surface area contributed by atoms with Gasteiger partial charge in [-0.25, -0.2) is 0 Å². The summed E-state index contributed by atoms with van der Waals surface area (Å²) in [6.07, 6.45) is 1.67. The molecule has 2 atom stereocenters. The zero-order valence-electron chi connectivity index (χ0n) is 19.5. The van der Waals surface area contributed by atoms with Crippen LogP contribution in [0.3, 0.4) is 0 Å². The number of carbonyl (C=O) groups excluding carboxylic acids is 1. The number of ether oxygens (including phenoxy) is 2.